The standard InChI is InChI=1S/C18H22N2O2/c1-12(2)17-11-15(19-22-17)16-8-5-9-20(16)18(21)14-7-4-6-13(3)10-14/h4,6-7,10-12,16H,5,8-9H2,1-3H3/t16-/m1/s1. The van der Waals surface area contributed by atoms with Crippen LogP contribution in [0.5, 0.6) is 0 Å². The molecule has 4 heteroatoms. The van der Waals surface area contributed by atoms with E-state index in [9.17, 15) is 4.79 Å². The fourth-order valence-electron chi connectivity index (χ4n) is 2.99. The van der Waals surface area contributed by atoms with E-state index in [0.717, 1.165) is 42.0 Å². The van der Waals surface area contributed by atoms with E-state index < -0.39 is 0 Å². The molecule has 2 heterocycles. The van der Waals surface area contributed by atoms with Gasteiger partial charge in [0.1, 0.15) is 11.5 Å². The second-order valence-corrected chi connectivity index (χ2v) is 6.33. The van der Waals surface area contributed by atoms with Crippen LogP contribution in [0.15, 0.2) is 34.9 Å². The molecule has 1 aliphatic rings. The van der Waals surface area contributed by atoms with Crippen molar-refractivity contribution in [3.63, 3.8) is 0 Å². The first-order valence-corrected chi connectivity index (χ1v) is 7.90. The number of carbonyl (C=O) groups is 1. The third kappa shape index (κ3) is 2.78. The smallest absolute Gasteiger partial charge is 0.254 e. The highest BCUT2D eigenvalue weighted by molar-refractivity contribution is 5.94. The molecule has 1 atom stereocenters. The third-order valence-corrected chi connectivity index (χ3v) is 4.24. The van der Waals surface area contributed by atoms with Crippen LogP contribution in [-0.2, 0) is 0 Å². The van der Waals surface area contributed by atoms with Gasteiger partial charge in [-0.05, 0) is 31.9 Å². The van der Waals surface area contributed by atoms with Crippen LogP contribution in [0.25, 0.3) is 0 Å². The summed E-state index contributed by atoms with van der Waals surface area (Å²) in [4.78, 5) is 14.7. The number of hydrogen-bond donors (Lipinski definition) is 0. The molecule has 2 aromatic rings. The van der Waals surface area contributed by atoms with Crippen LogP contribution in [0, 0.1) is 6.92 Å². The van der Waals surface area contributed by atoms with Crippen LogP contribution in [0.4, 0.5) is 0 Å². The summed E-state index contributed by atoms with van der Waals surface area (Å²) in [6, 6.07) is 9.79. The average Bonchev–Trinajstić information content (AvgIpc) is 3.15. The van der Waals surface area contributed by atoms with Gasteiger partial charge in [0.2, 0.25) is 0 Å². The minimum absolute atomic E-state index is 0.0317. The van der Waals surface area contributed by atoms with Crippen molar-refractivity contribution in [2.24, 2.45) is 0 Å². The molecule has 1 aromatic heterocycles. The number of benzene rings is 1. The average molecular weight is 298 g/mol. The van der Waals surface area contributed by atoms with Crippen molar-refractivity contribution in [3.8, 4) is 0 Å². The number of hydrogen-bond acceptors (Lipinski definition) is 3. The molecule has 0 bridgehead atoms. The molecule has 3 rings (SSSR count). The molecule has 0 radical (unpaired) electrons. The Balaban J connectivity index is 1.84. The van der Waals surface area contributed by atoms with E-state index in [-0.39, 0.29) is 11.9 Å². The zero-order valence-corrected chi connectivity index (χ0v) is 13.4. The molecule has 116 valence electrons. The largest absolute Gasteiger partial charge is 0.361 e. The zero-order valence-electron chi connectivity index (χ0n) is 13.4. The summed E-state index contributed by atoms with van der Waals surface area (Å²) in [6.07, 6.45) is 1.95. The van der Waals surface area contributed by atoms with Gasteiger partial charge in [-0.25, -0.2) is 0 Å². The maximum absolute atomic E-state index is 12.8. The molecule has 0 aliphatic carbocycles. The van der Waals surface area contributed by atoms with Crippen molar-refractivity contribution in [2.75, 3.05) is 6.54 Å². The molecule has 1 amide bonds. The van der Waals surface area contributed by atoms with Crippen molar-refractivity contribution < 1.29 is 9.32 Å². The Morgan fingerprint density at radius 1 is 1.36 bits per heavy atom. The van der Waals surface area contributed by atoms with Gasteiger partial charge in [0.15, 0.2) is 0 Å². The molecule has 1 saturated heterocycles. The predicted molar refractivity (Wildman–Crippen MR) is 84.8 cm³/mol. The summed E-state index contributed by atoms with van der Waals surface area (Å²) in [5.74, 6) is 1.27. The lowest BCUT2D eigenvalue weighted by Gasteiger charge is -2.23. The van der Waals surface area contributed by atoms with Gasteiger partial charge in [-0.15, -0.1) is 0 Å². The highest BCUT2D eigenvalue weighted by Gasteiger charge is 2.33. The van der Waals surface area contributed by atoms with E-state index in [2.05, 4.69) is 19.0 Å². The second kappa shape index (κ2) is 5.95. The number of amides is 1. The van der Waals surface area contributed by atoms with Gasteiger partial charge >= 0.3 is 0 Å². The lowest BCUT2D eigenvalue weighted by molar-refractivity contribution is 0.0730. The molecule has 0 saturated carbocycles. The van der Waals surface area contributed by atoms with E-state index in [1.54, 1.807) is 0 Å². The Labute approximate surface area is 131 Å². The van der Waals surface area contributed by atoms with E-state index in [0.29, 0.717) is 5.92 Å². The Morgan fingerprint density at radius 3 is 2.86 bits per heavy atom. The number of rotatable bonds is 3. The topological polar surface area (TPSA) is 46.3 Å². The van der Waals surface area contributed by atoms with Crippen molar-refractivity contribution >= 4 is 5.91 Å². The van der Waals surface area contributed by atoms with Crippen LogP contribution < -0.4 is 0 Å². The fourth-order valence-corrected chi connectivity index (χ4v) is 2.99. The fraction of sp³-hybridized carbons (Fsp3) is 0.444. The quantitative estimate of drug-likeness (QED) is 0.857. The molecule has 1 aliphatic heterocycles. The Morgan fingerprint density at radius 2 is 2.18 bits per heavy atom. The Kier molecular flexibility index (Phi) is 4.01. The first-order valence-electron chi connectivity index (χ1n) is 7.90. The molecular weight excluding hydrogens is 276 g/mol. The van der Waals surface area contributed by atoms with Gasteiger partial charge in [0.05, 0.1) is 6.04 Å². The predicted octanol–water partition coefficient (Wildman–Crippen LogP) is 4.08. The first kappa shape index (κ1) is 14.8. The van der Waals surface area contributed by atoms with Crippen molar-refractivity contribution in [2.45, 2.75) is 45.6 Å². The number of aryl methyl sites for hydroxylation is 1. The lowest BCUT2D eigenvalue weighted by atomic mass is 10.1. The highest BCUT2D eigenvalue weighted by atomic mass is 16.5. The summed E-state index contributed by atoms with van der Waals surface area (Å²) in [6.45, 7) is 6.94. The van der Waals surface area contributed by atoms with Crippen LogP contribution in [0.3, 0.4) is 0 Å². The van der Waals surface area contributed by atoms with Crippen molar-refractivity contribution in [3.05, 3.63) is 52.9 Å². The minimum atomic E-state index is 0.0317. The molecule has 0 N–H and O–H groups in total. The second-order valence-electron chi connectivity index (χ2n) is 6.33. The van der Waals surface area contributed by atoms with E-state index in [1.165, 1.54) is 0 Å². The van der Waals surface area contributed by atoms with Gasteiger partial charge < -0.3 is 9.42 Å². The molecule has 0 unspecified atom stereocenters. The van der Waals surface area contributed by atoms with Crippen LogP contribution in [0.1, 0.15) is 66.0 Å². The number of nitrogens with zero attached hydrogens (tertiary/aromatic N) is 2. The van der Waals surface area contributed by atoms with Crippen molar-refractivity contribution in [1.82, 2.24) is 10.1 Å². The van der Waals surface area contributed by atoms with E-state index in [4.69, 9.17) is 4.52 Å². The number of likely N-dealkylation sites (tertiary alicyclic amines) is 1. The first-order chi connectivity index (χ1) is 10.6. The number of aromatic nitrogens is 1. The highest BCUT2D eigenvalue weighted by Crippen LogP contribution is 2.33. The Bertz CT molecular complexity index is 675. The molecule has 22 heavy (non-hydrogen) atoms. The molecule has 4 nitrogen and oxygen atoms in total. The van der Waals surface area contributed by atoms with E-state index >= 15 is 0 Å². The summed E-state index contributed by atoms with van der Waals surface area (Å²) in [7, 11) is 0. The SMILES string of the molecule is Cc1cccc(C(=O)N2CCC[C@@H]2c2cc(C(C)C)on2)c1. The van der Waals surface area contributed by atoms with Crippen molar-refractivity contribution in [1.29, 1.82) is 0 Å². The van der Waals surface area contributed by atoms with Gasteiger partial charge in [0, 0.05) is 24.1 Å². The molecule has 1 fully saturated rings. The van der Waals surface area contributed by atoms with Crippen LogP contribution in [0.2, 0.25) is 0 Å². The zero-order chi connectivity index (χ0) is 15.7. The van der Waals surface area contributed by atoms with Gasteiger partial charge in [0.25, 0.3) is 5.91 Å². The van der Waals surface area contributed by atoms with Gasteiger partial charge in [-0.2, -0.15) is 0 Å². The van der Waals surface area contributed by atoms with Gasteiger partial charge in [-0.3, -0.25) is 4.79 Å². The molecule has 1 aromatic carbocycles. The maximum Gasteiger partial charge on any atom is 0.254 e. The third-order valence-electron chi connectivity index (χ3n) is 4.24. The summed E-state index contributed by atoms with van der Waals surface area (Å²) < 4.78 is 5.40. The maximum atomic E-state index is 12.8. The monoisotopic (exact) mass is 298 g/mol. The normalized spacial score (nSPS) is 18.2. The molecule has 0 spiro atoms. The van der Waals surface area contributed by atoms with Crippen LogP contribution in [-0.4, -0.2) is 22.5 Å². The lowest BCUT2D eigenvalue weighted by Crippen LogP contribution is -2.30. The molecular formula is C18H22N2O2. The van der Waals surface area contributed by atoms with Crippen LogP contribution >= 0.6 is 0 Å². The van der Waals surface area contributed by atoms with E-state index in [1.807, 2.05) is 42.2 Å². The Hall–Kier alpha value is -2.10. The summed E-state index contributed by atoms with van der Waals surface area (Å²) in [5, 5.41) is 4.19. The summed E-state index contributed by atoms with van der Waals surface area (Å²) in [5.41, 5.74) is 2.73. The summed E-state index contributed by atoms with van der Waals surface area (Å²) >= 11 is 0. The number of carbonyl (C=O) groups excluding carboxylic acids is 1. The minimum Gasteiger partial charge on any atom is -0.361 e. The van der Waals surface area contributed by atoms with Gasteiger partial charge in [-0.1, -0.05) is 36.7 Å².